The van der Waals surface area contributed by atoms with E-state index in [0.29, 0.717) is 37.6 Å². The van der Waals surface area contributed by atoms with Crippen LogP contribution in [0, 0.1) is 3.57 Å². The minimum atomic E-state index is -0.613. The standard InChI is InChI=1S/C15H19IO5/c1-18-13-4-2-3-10(16)14(13)21-12-5-6-15(9-11(12)17)19-7-8-20-15/h2-4,11-12,17H,5-9H2,1H3/t11-,12+/m1/s1. The van der Waals surface area contributed by atoms with Gasteiger partial charge in [0, 0.05) is 12.8 Å². The van der Waals surface area contributed by atoms with E-state index in [1.165, 1.54) is 0 Å². The van der Waals surface area contributed by atoms with Crippen LogP contribution in [0.5, 0.6) is 11.5 Å². The maximum Gasteiger partial charge on any atom is 0.175 e. The molecule has 0 aromatic heterocycles. The molecule has 0 amide bonds. The molecule has 0 bridgehead atoms. The Kier molecular flexibility index (Phi) is 4.58. The molecule has 1 N–H and O–H groups in total. The summed E-state index contributed by atoms with van der Waals surface area (Å²) < 4.78 is 23.6. The molecule has 2 aliphatic rings. The molecule has 1 aliphatic heterocycles. The lowest BCUT2D eigenvalue weighted by Gasteiger charge is -2.38. The van der Waals surface area contributed by atoms with Gasteiger partial charge < -0.3 is 24.1 Å². The summed E-state index contributed by atoms with van der Waals surface area (Å²) in [5.74, 6) is 0.768. The number of methoxy groups -OCH3 is 1. The number of ether oxygens (including phenoxy) is 4. The van der Waals surface area contributed by atoms with Gasteiger partial charge in [-0.25, -0.2) is 0 Å². The van der Waals surface area contributed by atoms with Crippen LogP contribution in [0.15, 0.2) is 18.2 Å². The zero-order valence-electron chi connectivity index (χ0n) is 11.9. The highest BCUT2D eigenvalue weighted by atomic mass is 127. The summed E-state index contributed by atoms with van der Waals surface area (Å²) in [6.07, 6.45) is 0.991. The molecule has 1 heterocycles. The molecule has 0 radical (unpaired) electrons. The summed E-state index contributed by atoms with van der Waals surface area (Å²) in [7, 11) is 1.62. The van der Waals surface area contributed by atoms with E-state index in [-0.39, 0.29) is 6.10 Å². The van der Waals surface area contributed by atoms with E-state index in [1.54, 1.807) is 7.11 Å². The zero-order valence-corrected chi connectivity index (χ0v) is 14.0. The first-order valence-corrected chi connectivity index (χ1v) is 8.16. The molecule has 1 spiro atoms. The van der Waals surface area contributed by atoms with Crippen molar-refractivity contribution in [3.05, 3.63) is 21.8 Å². The second-order valence-electron chi connectivity index (χ2n) is 5.35. The van der Waals surface area contributed by atoms with Gasteiger partial charge in [0.05, 0.1) is 30.0 Å². The molecule has 1 aromatic rings. The van der Waals surface area contributed by atoms with Crippen LogP contribution in [0.25, 0.3) is 0 Å². The van der Waals surface area contributed by atoms with E-state index in [9.17, 15) is 5.11 Å². The lowest BCUT2D eigenvalue weighted by Crippen LogP contribution is -2.47. The first-order chi connectivity index (χ1) is 10.1. The molecule has 0 unspecified atom stereocenters. The summed E-state index contributed by atoms with van der Waals surface area (Å²) in [5, 5.41) is 10.4. The van der Waals surface area contributed by atoms with Gasteiger partial charge >= 0.3 is 0 Å². The van der Waals surface area contributed by atoms with Crippen LogP contribution < -0.4 is 9.47 Å². The Morgan fingerprint density at radius 3 is 2.76 bits per heavy atom. The number of rotatable bonds is 3. The Hall–Kier alpha value is -0.570. The van der Waals surface area contributed by atoms with E-state index in [4.69, 9.17) is 18.9 Å². The summed E-state index contributed by atoms with van der Waals surface area (Å²) >= 11 is 2.21. The molecule has 2 fully saturated rings. The average molecular weight is 406 g/mol. The van der Waals surface area contributed by atoms with Crippen molar-refractivity contribution in [2.45, 2.75) is 37.3 Å². The van der Waals surface area contributed by atoms with Gasteiger partial charge in [-0.3, -0.25) is 0 Å². The fraction of sp³-hybridized carbons (Fsp3) is 0.600. The quantitative estimate of drug-likeness (QED) is 0.782. The van der Waals surface area contributed by atoms with Crippen molar-refractivity contribution in [3.8, 4) is 11.5 Å². The Balaban J connectivity index is 1.72. The Bertz CT molecular complexity index is 501. The monoisotopic (exact) mass is 406 g/mol. The van der Waals surface area contributed by atoms with Crippen LogP contribution >= 0.6 is 22.6 Å². The molecular formula is C15H19IO5. The fourth-order valence-corrected chi connectivity index (χ4v) is 3.52. The van der Waals surface area contributed by atoms with Gasteiger partial charge in [-0.05, 0) is 41.1 Å². The Labute approximate surface area is 137 Å². The largest absolute Gasteiger partial charge is 0.493 e. The Morgan fingerprint density at radius 1 is 1.33 bits per heavy atom. The van der Waals surface area contributed by atoms with Gasteiger partial charge in [-0.15, -0.1) is 0 Å². The highest BCUT2D eigenvalue weighted by Gasteiger charge is 2.45. The highest BCUT2D eigenvalue weighted by Crippen LogP contribution is 2.39. The second kappa shape index (κ2) is 6.28. The van der Waals surface area contributed by atoms with Gasteiger partial charge in [-0.2, -0.15) is 0 Å². The van der Waals surface area contributed by atoms with E-state index >= 15 is 0 Å². The topological polar surface area (TPSA) is 57.2 Å². The predicted molar refractivity (Wildman–Crippen MR) is 84.6 cm³/mol. The van der Waals surface area contributed by atoms with Crippen molar-refractivity contribution >= 4 is 22.6 Å². The molecule has 2 atom stereocenters. The summed E-state index contributed by atoms with van der Waals surface area (Å²) in [6, 6.07) is 5.73. The number of aliphatic hydroxyl groups is 1. The van der Waals surface area contributed by atoms with Crippen molar-refractivity contribution in [2.75, 3.05) is 20.3 Å². The lowest BCUT2D eigenvalue weighted by molar-refractivity contribution is -0.210. The van der Waals surface area contributed by atoms with Gasteiger partial charge in [0.25, 0.3) is 0 Å². The van der Waals surface area contributed by atoms with Gasteiger partial charge in [0.2, 0.25) is 0 Å². The normalized spacial score (nSPS) is 27.8. The first-order valence-electron chi connectivity index (χ1n) is 7.09. The molecule has 3 rings (SSSR count). The summed E-state index contributed by atoms with van der Waals surface area (Å²) in [4.78, 5) is 0. The van der Waals surface area contributed by atoms with Gasteiger partial charge in [0.1, 0.15) is 6.10 Å². The van der Waals surface area contributed by atoms with E-state index < -0.39 is 11.9 Å². The van der Waals surface area contributed by atoms with Gasteiger partial charge in [0.15, 0.2) is 17.3 Å². The lowest BCUT2D eigenvalue weighted by atomic mass is 9.89. The number of aliphatic hydroxyl groups excluding tert-OH is 1. The SMILES string of the molecule is COc1cccc(I)c1O[C@H]1CCC2(C[C@H]1O)OCCO2. The highest BCUT2D eigenvalue weighted by molar-refractivity contribution is 14.1. The van der Waals surface area contributed by atoms with Crippen molar-refractivity contribution in [2.24, 2.45) is 0 Å². The van der Waals surface area contributed by atoms with E-state index in [1.807, 2.05) is 18.2 Å². The number of para-hydroxylation sites is 1. The van der Waals surface area contributed by atoms with Crippen LogP contribution in [0.4, 0.5) is 0 Å². The van der Waals surface area contributed by atoms with Crippen LogP contribution in [0.2, 0.25) is 0 Å². The minimum absolute atomic E-state index is 0.270. The maximum absolute atomic E-state index is 10.4. The number of hydrogen-bond donors (Lipinski definition) is 1. The molecule has 1 saturated heterocycles. The van der Waals surface area contributed by atoms with Crippen LogP contribution in [0.3, 0.4) is 0 Å². The summed E-state index contributed by atoms with van der Waals surface area (Å²) in [5.41, 5.74) is 0. The van der Waals surface area contributed by atoms with Crippen molar-refractivity contribution in [1.29, 1.82) is 0 Å². The molecule has 1 aromatic carbocycles. The molecular weight excluding hydrogens is 387 g/mol. The van der Waals surface area contributed by atoms with Crippen molar-refractivity contribution in [3.63, 3.8) is 0 Å². The second-order valence-corrected chi connectivity index (χ2v) is 6.51. The van der Waals surface area contributed by atoms with E-state index in [2.05, 4.69) is 22.6 Å². The third kappa shape index (κ3) is 3.13. The molecule has 5 nitrogen and oxygen atoms in total. The minimum Gasteiger partial charge on any atom is -0.493 e. The van der Waals surface area contributed by atoms with Crippen molar-refractivity contribution in [1.82, 2.24) is 0 Å². The predicted octanol–water partition coefficient (Wildman–Crippen LogP) is 2.34. The molecule has 6 heteroatoms. The average Bonchev–Trinajstić information content (AvgIpc) is 2.92. The maximum atomic E-state index is 10.4. The molecule has 1 aliphatic carbocycles. The Morgan fingerprint density at radius 2 is 2.10 bits per heavy atom. The molecule has 1 saturated carbocycles. The number of hydrogen-bond acceptors (Lipinski definition) is 5. The van der Waals surface area contributed by atoms with Crippen LogP contribution in [-0.4, -0.2) is 43.4 Å². The van der Waals surface area contributed by atoms with Crippen LogP contribution in [0.1, 0.15) is 19.3 Å². The van der Waals surface area contributed by atoms with Gasteiger partial charge in [-0.1, -0.05) is 6.07 Å². The third-order valence-electron chi connectivity index (χ3n) is 3.99. The van der Waals surface area contributed by atoms with Crippen LogP contribution in [-0.2, 0) is 9.47 Å². The first kappa shape index (κ1) is 15.3. The zero-order chi connectivity index (χ0) is 14.9. The summed E-state index contributed by atoms with van der Waals surface area (Å²) in [6.45, 7) is 1.20. The number of halogens is 1. The molecule has 116 valence electrons. The molecule has 21 heavy (non-hydrogen) atoms. The number of benzene rings is 1. The third-order valence-corrected chi connectivity index (χ3v) is 4.84. The smallest absolute Gasteiger partial charge is 0.175 e. The fourth-order valence-electron chi connectivity index (χ4n) is 2.92. The van der Waals surface area contributed by atoms with Crippen molar-refractivity contribution < 1.29 is 24.1 Å². The van der Waals surface area contributed by atoms with E-state index in [0.717, 1.165) is 9.99 Å².